The first-order valence-corrected chi connectivity index (χ1v) is 14.3. The van der Waals surface area contributed by atoms with Gasteiger partial charge in [0, 0.05) is 58.6 Å². The van der Waals surface area contributed by atoms with E-state index in [4.69, 9.17) is 0 Å². The van der Waals surface area contributed by atoms with E-state index in [0.717, 1.165) is 26.7 Å². The second-order valence-corrected chi connectivity index (χ2v) is 11.6. The number of fused-ring (bicyclic) bond motifs is 1. The fourth-order valence-electron chi connectivity index (χ4n) is 4.21. The Balaban J connectivity index is 1.69. The highest BCUT2D eigenvalue weighted by atomic mass is 32.2. The average molecular weight is 543 g/mol. The first-order valence-electron chi connectivity index (χ1n) is 11.8. The maximum atomic E-state index is 11.3. The van der Waals surface area contributed by atoms with E-state index in [1.165, 1.54) is 0 Å². The zero-order chi connectivity index (χ0) is 27.3. The topological polar surface area (TPSA) is 108 Å². The lowest BCUT2D eigenvalue weighted by Crippen LogP contribution is -2.28. The summed E-state index contributed by atoms with van der Waals surface area (Å²) in [7, 11) is -0.0906. The van der Waals surface area contributed by atoms with Crippen LogP contribution < -0.4 is 9.80 Å². The Kier molecular flexibility index (Phi) is 8.13. The number of para-hydroxylation sites is 1. The molecule has 0 amide bonds. The molecule has 0 atom stereocenters. The largest absolute Gasteiger partial charge is 0.378 e. The lowest BCUT2D eigenvalue weighted by Gasteiger charge is -2.32. The molecule has 4 rings (SSSR count). The number of benzene rings is 2. The number of nitrogens with zero attached hydrogens (tertiary/aromatic N) is 4. The van der Waals surface area contributed by atoms with Crippen LogP contribution in [0.25, 0.3) is 22.1 Å². The van der Waals surface area contributed by atoms with Crippen LogP contribution in [-0.2, 0) is 10.1 Å². The summed E-state index contributed by atoms with van der Waals surface area (Å²) in [4.78, 5) is 6.14. The van der Waals surface area contributed by atoms with Crippen LogP contribution in [0.4, 0.5) is 11.4 Å². The summed E-state index contributed by atoms with van der Waals surface area (Å²) < 4.78 is 31.9. The highest BCUT2D eigenvalue weighted by Gasteiger charge is 2.24. The normalized spacial score (nSPS) is 13.0. The van der Waals surface area contributed by atoms with E-state index in [9.17, 15) is 23.5 Å². The smallest absolute Gasteiger partial charge is 0.264 e. The van der Waals surface area contributed by atoms with Crippen LogP contribution >= 0.6 is 11.3 Å². The molecule has 1 aliphatic heterocycles. The van der Waals surface area contributed by atoms with Crippen LogP contribution in [0.5, 0.6) is 0 Å². The Morgan fingerprint density at radius 3 is 2.39 bits per heavy atom. The highest BCUT2D eigenvalue weighted by Crippen LogP contribution is 2.38. The molecule has 2 heterocycles. The van der Waals surface area contributed by atoms with Gasteiger partial charge in [-0.05, 0) is 60.5 Å². The molecule has 9 heteroatoms. The number of allylic oxidation sites excluding steroid dienone is 4. The van der Waals surface area contributed by atoms with Gasteiger partial charge in [-0.2, -0.15) is 18.9 Å². The van der Waals surface area contributed by atoms with E-state index in [1.54, 1.807) is 17.4 Å². The fraction of sp³-hybridized carbons (Fsp3) is 0.172. The van der Waals surface area contributed by atoms with Gasteiger partial charge < -0.3 is 9.80 Å². The summed E-state index contributed by atoms with van der Waals surface area (Å²) in [5.41, 5.74) is 4.95. The zero-order valence-electron chi connectivity index (χ0n) is 21.0. The molecule has 38 heavy (non-hydrogen) atoms. The van der Waals surface area contributed by atoms with Crippen LogP contribution in [0.2, 0.25) is 0 Å². The third-order valence-electron chi connectivity index (χ3n) is 6.08. The van der Waals surface area contributed by atoms with Crippen LogP contribution in [0.1, 0.15) is 16.9 Å². The SMILES string of the molecule is CN(C)c1ccc(-c2ccc(C=CC3=CC(=C(C#N)C#N)c4ccccc4N3CCCS(=O)(=O)O)s2)cc1. The molecule has 7 nitrogen and oxygen atoms in total. The molecular weight excluding hydrogens is 516 g/mol. The summed E-state index contributed by atoms with van der Waals surface area (Å²) in [6.45, 7) is 0.322. The summed E-state index contributed by atoms with van der Waals surface area (Å²) in [6, 6.07) is 23.8. The van der Waals surface area contributed by atoms with Crippen molar-refractivity contribution in [2.75, 3.05) is 36.2 Å². The van der Waals surface area contributed by atoms with Gasteiger partial charge in [-0.25, -0.2) is 0 Å². The van der Waals surface area contributed by atoms with Crippen molar-refractivity contribution < 1.29 is 13.0 Å². The molecule has 0 saturated heterocycles. The summed E-state index contributed by atoms with van der Waals surface area (Å²) in [6.07, 6.45) is 5.85. The Labute approximate surface area is 227 Å². The number of nitriles is 2. The van der Waals surface area contributed by atoms with Crippen molar-refractivity contribution in [2.45, 2.75) is 6.42 Å². The molecule has 1 aliphatic rings. The molecule has 0 radical (unpaired) electrons. The minimum atomic E-state index is -4.10. The second kappa shape index (κ2) is 11.5. The number of hydrogen-bond acceptors (Lipinski definition) is 7. The Morgan fingerprint density at radius 1 is 1.03 bits per heavy atom. The maximum absolute atomic E-state index is 11.3. The van der Waals surface area contributed by atoms with Crippen molar-refractivity contribution in [3.05, 3.63) is 94.5 Å². The van der Waals surface area contributed by atoms with Crippen molar-refractivity contribution in [3.8, 4) is 22.6 Å². The van der Waals surface area contributed by atoms with Gasteiger partial charge in [-0.3, -0.25) is 4.55 Å². The lowest BCUT2D eigenvalue weighted by atomic mass is 9.93. The van der Waals surface area contributed by atoms with Gasteiger partial charge in [0.25, 0.3) is 10.1 Å². The van der Waals surface area contributed by atoms with E-state index in [0.29, 0.717) is 23.4 Å². The Hall–Kier alpha value is -4.15. The van der Waals surface area contributed by atoms with Crippen molar-refractivity contribution in [3.63, 3.8) is 0 Å². The van der Waals surface area contributed by atoms with Gasteiger partial charge in [0.1, 0.15) is 17.7 Å². The van der Waals surface area contributed by atoms with E-state index in [1.807, 2.05) is 73.6 Å². The maximum Gasteiger partial charge on any atom is 0.264 e. The van der Waals surface area contributed by atoms with E-state index in [-0.39, 0.29) is 17.7 Å². The highest BCUT2D eigenvalue weighted by molar-refractivity contribution is 7.85. The third kappa shape index (κ3) is 6.21. The van der Waals surface area contributed by atoms with Gasteiger partial charge in [0.2, 0.25) is 0 Å². The van der Waals surface area contributed by atoms with E-state index >= 15 is 0 Å². The summed E-state index contributed by atoms with van der Waals surface area (Å²) in [5.74, 6) is -0.367. The number of thiophene rings is 1. The Bertz CT molecular complexity index is 1600. The first-order chi connectivity index (χ1) is 18.2. The van der Waals surface area contributed by atoms with Gasteiger partial charge in [0.15, 0.2) is 0 Å². The monoisotopic (exact) mass is 542 g/mol. The Morgan fingerprint density at radius 2 is 1.74 bits per heavy atom. The van der Waals surface area contributed by atoms with Crippen molar-refractivity contribution in [2.24, 2.45) is 0 Å². The van der Waals surface area contributed by atoms with E-state index < -0.39 is 10.1 Å². The first kappa shape index (κ1) is 26.9. The van der Waals surface area contributed by atoms with Gasteiger partial charge in [-0.15, -0.1) is 11.3 Å². The molecule has 0 bridgehead atoms. The lowest BCUT2D eigenvalue weighted by molar-refractivity contribution is 0.481. The quantitative estimate of drug-likeness (QED) is 0.276. The minimum Gasteiger partial charge on any atom is -0.378 e. The second-order valence-electron chi connectivity index (χ2n) is 8.87. The summed E-state index contributed by atoms with van der Waals surface area (Å²) in [5, 5.41) is 19.1. The van der Waals surface area contributed by atoms with E-state index in [2.05, 4.69) is 35.2 Å². The van der Waals surface area contributed by atoms with Crippen LogP contribution in [0.15, 0.2) is 84.1 Å². The number of hydrogen-bond donors (Lipinski definition) is 1. The van der Waals surface area contributed by atoms with Gasteiger partial charge in [-0.1, -0.05) is 30.3 Å². The molecule has 1 N–H and O–H groups in total. The van der Waals surface area contributed by atoms with Gasteiger partial charge >= 0.3 is 0 Å². The predicted molar refractivity (Wildman–Crippen MR) is 154 cm³/mol. The molecule has 0 spiro atoms. The molecule has 0 unspecified atom stereocenters. The van der Waals surface area contributed by atoms with Crippen molar-refractivity contribution in [1.82, 2.24) is 0 Å². The predicted octanol–water partition coefficient (Wildman–Crippen LogP) is 5.98. The van der Waals surface area contributed by atoms with Gasteiger partial charge in [0.05, 0.1) is 5.75 Å². The molecule has 0 saturated carbocycles. The minimum absolute atomic E-state index is 0.000479. The average Bonchev–Trinajstić information content (AvgIpc) is 3.37. The fourth-order valence-corrected chi connectivity index (χ4v) is 5.62. The number of rotatable bonds is 8. The molecule has 3 aromatic rings. The molecule has 192 valence electrons. The summed E-state index contributed by atoms with van der Waals surface area (Å²) >= 11 is 1.64. The standard InChI is InChI=1S/C29H26N4O3S2/c1-32(2)23-10-8-21(9-11-23)29-15-14-25(37-29)13-12-24-18-27(22(19-30)20-31)26-6-3-4-7-28(26)33(24)16-5-17-38(34,35)36/h3-4,6-15,18H,5,16-17H2,1-2H3,(H,34,35,36). The zero-order valence-corrected chi connectivity index (χ0v) is 22.6. The van der Waals surface area contributed by atoms with Crippen molar-refractivity contribution >= 4 is 44.5 Å². The third-order valence-corrected chi connectivity index (χ3v) is 7.98. The molecule has 0 fully saturated rings. The number of anilines is 2. The van der Waals surface area contributed by atoms with Crippen LogP contribution in [0, 0.1) is 22.7 Å². The molecule has 1 aromatic heterocycles. The van der Waals surface area contributed by atoms with Crippen LogP contribution in [0.3, 0.4) is 0 Å². The molecule has 2 aromatic carbocycles. The van der Waals surface area contributed by atoms with Crippen molar-refractivity contribution in [1.29, 1.82) is 10.5 Å². The van der Waals surface area contributed by atoms with Crippen LogP contribution in [-0.4, -0.2) is 39.4 Å². The molecule has 0 aliphatic carbocycles. The molecular formula is C29H26N4O3S2.